The van der Waals surface area contributed by atoms with E-state index < -0.39 is 24.5 Å². The Balaban J connectivity index is 1.39. The van der Waals surface area contributed by atoms with Crippen LogP contribution in [0.2, 0.25) is 0 Å². The summed E-state index contributed by atoms with van der Waals surface area (Å²) in [4.78, 5) is 23.9. The minimum atomic E-state index is -4.41. The lowest BCUT2D eigenvalue weighted by molar-refractivity contribution is -0.142. The highest BCUT2D eigenvalue weighted by Gasteiger charge is 2.28. The van der Waals surface area contributed by atoms with Gasteiger partial charge in [0.1, 0.15) is 6.54 Å². The fourth-order valence-corrected chi connectivity index (χ4v) is 4.09. The summed E-state index contributed by atoms with van der Waals surface area (Å²) in [7, 11) is 0. The van der Waals surface area contributed by atoms with Crippen LogP contribution in [0.1, 0.15) is 18.4 Å². The van der Waals surface area contributed by atoms with Crippen molar-refractivity contribution in [2.24, 2.45) is 0 Å². The molecule has 1 aromatic carbocycles. The summed E-state index contributed by atoms with van der Waals surface area (Å²) in [5, 5.41) is 16.8. The van der Waals surface area contributed by atoms with Gasteiger partial charge in [-0.2, -0.15) is 18.3 Å². The smallest absolute Gasteiger partial charge is 0.323 e. The van der Waals surface area contributed by atoms with Gasteiger partial charge in [0.05, 0.1) is 11.9 Å². The molecule has 0 radical (unpaired) electrons. The van der Waals surface area contributed by atoms with Crippen LogP contribution in [0, 0.1) is 0 Å². The van der Waals surface area contributed by atoms with Crippen molar-refractivity contribution in [1.29, 1.82) is 0 Å². The number of benzene rings is 1. The van der Waals surface area contributed by atoms with E-state index >= 15 is 0 Å². The van der Waals surface area contributed by atoms with Gasteiger partial charge in [-0.05, 0) is 5.56 Å². The maximum absolute atomic E-state index is 12.3. The van der Waals surface area contributed by atoms with Gasteiger partial charge in [-0.1, -0.05) is 53.4 Å². The molecular formula is C18H17F3N6O2S2. The number of hydrogen-bond donors (Lipinski definition) is 2. The van der Waals surface area contributed by atoms with Crippen LogP contribution in [0.4, 0.5) is 24.0 Å². The Morgan fingerprint density at radius 2 is 1.77 bits per heavy atom. The van der Waals surface area contributed by atoms with E-state index in [0.29, 0.717) is 14.2 Å². The maximum Gasteiger partial charge on any atom is 0.408 e. The number of rotatable bonds is 9. The number of aromatic nitrogens is 4. The van der Waals surface area contributed by atoms with Crippen LogP contribution in [-0.2, 0) is 21.9 Å². The van der Waals surface area contributed by atoms with Gasteiger partial charge in [0.15, 0.2) is 4.34 Å². The molecule has 0 unspecified atom stereocenters. The molecule has 0 saturated heterocycles. The molecule has 3 rings (SSSR count). The lowest BCUT2D eigenvalue weighted by atomic mass is 10.2. The lowest BCUT2D eigenvalue weighted by Crippen LogP contribution is -2.18. The van der Waals surface area contributed by atoms with Crippen LogP contribution >= 0.6 is 23.1 Å². The topological polar surface area (TPSA) is 102 Å². The Labute approximate surface area is 183 Å². The van der Waals surface area contributed by atoms with Crippen LogP contribution in [0.25, 0.3) is 0 Å². The third-order valence-electron chi connectivity index (χ3n) is 3.70. The Kier molecular flexibility index (Phi) is 7.63. The number of thioether (sulfide) groups is 1. The summed E-state index contributed by atoms with van der Waals surface area (Å²) < 4.78 is 38.3. The van der Waals surface area contributed by atoms with Crippen molar-refractivity contribution in [1.82, 2.24) is 20.0 Å². The van der Waals surface area contributed by atoms with E-state index in [0.717, 1.165) is 23.7 Å². The fourth-order valence-electron chi connectivity index (χ4n) is 2.37. The number of anilines is 2. The average molecular weight is 471 g/mol. The minimum absolute atomic E-state index is 0.116. The van der Waals surface area contributed by atoms with Crippen molar-refractivity contribution in [3.63, 3.8) is 0 Å². The molecular weight excluding hydrogens is 453 g/mol. The van der Waals surface area contributed by atoms with Gasteiger partial charge in [-0.25, -0.2) is 0 Å². The summed E-state index contributed by atoms with van der Waals surface area (Å²) in [5.41, 5.74) is 1.27. The first kappa shape index (κ1) is 22.7. The molecule has 8 nitrogen and oxygen atoms in total. The van der Waals surface area contributed by atoms with Crippen LogP contribution < -0.4 is 10.6 Å². The van der Waals surface area contributed by atoms with Crippen LogP contribution in [0.5, 0.6) is 0 Å². The van der Waals surface area contributed by atoms with E-state index in [1.165, 1.54) is 23.1 Å². The predicted octanol–water partition coefficient (Wildman–Crippen LogP) is 3.95. The summed E-state index contributed by atoms with van der Waals surface area (Å²) in [5.74, 6) is -0.208. The molecule has 2 amide bonds. The van der Waals surface area contributed by atoms with Crippen LogP contribution in [0.15, 0.2) is 47.1 Å². The predicted molar refractivity (Wildman–Crippen MR) is 111 cm³/mol. The van der Waals surface area contributed by atoms with E-state index in [1.54, 1.807) is 0 Å². The summed E-state index contributed by atoms with van der Waals surface area (Å²) in [6, 6.07) is 9.85. The Morgan fingerprint density at radius 1 is 1.06 bits per heavy atom. The molecule has 31 heavy (non-hydrogen) atoms. The van der Waals surface area contributed by atoms with Crippen molar-refractivity contribution in [3.05, 3.63) is 48.3 Å². The molecule has 0 aliphatic rings. The fraction of sp³-hybridized carbons (Fsp3) is 0.278. The zero-order valence-corrected chi connectivity index (χ0v) is 17.6. The van der Waals surface area contributed by atoms with Crippen molar-refractivity contribution >= 4 is 45.7 Å². The zero-order chi connectivity index (χ0) is 22.3. The zero-order valence-electron chi connectivity index (χ0n) is 15.9. The van der Waals surface area contributed by atoms with Gasteiger partial charge < -0.3 is 10.6 Å². The molecule has 2 N–H and O–H groups in total. The molecule has 3 aromatic rings. The van der Waals surface area contributed by atoms with Crippen molar-refractivity contribution < 1.29 is 22.8 Å². The highest BCUT2D eigenvalue weighted by molar-refractivity contribution is 8.00. The van der Waals surface area contributed by atoms with Crippen molar-refractivity contribution in [3.8, 4) is 0 Å². The van der Waals surface area contributed by atoms with Crippen molar-refractivity contribution in [2.45, 2.75) is 35.7 Å². The van der Waals surface area contributed by atoms with E-state index in [-0.39, 0.29) is 18.5 Å². The number of carbonyl (C=O) groups is 2. The molecule has 0 atom stereocenters. The second-order valence-corrected chi connectivity index (χ2v) is 8.49. The number of nitrogens with one attached hydrogen (secondary N) is 2. The van der Waals surface area contributed by atoms with E-state index in [4.69, 9.17) is 0 Å². The van der Waals surface area contributed by atoms with E-state index in [2.05, 4.69) is 25.9 Å². The third-order valence-corrected chi connectivity index (χ3v) is 5.74. The number of halogens is 3. The highest BCUT2D eigenvalue weighted by Crippen LogP contribution is 2.28. The molecule has 0 fully saturated rings. The number of alkyl halides is 3. The number of nitrogens with zero attached hydrogens (tertiary/aromatic N) is 4. The van der Waals surface area contributed by atoms with Gasteiger partial charge in [0, 0.05) is 24.8 Å². The van der Waals surface area contributed by atoms with Gasteiger partial charge in [0.2, 0.25) is 16.9 Å². The molecule has 2 heterocycles. The summed E-state index contributed by atoms with van der Waals surface area (Å²) >= 11 is 2.73. The van der Waals surface area contributed by atoms with Gasteiger partial charge in [0.25, 0.3) is 0 Å². The first-order valence-electron chi connectivity index (χ1n) is 8.96. The molecule has 0 aliphatic heterocycles. The number of amides is 2. The molecule has 164 valence electrons. The third kappa shape index (κ3) is 8.02. The van der Waals surface area contributed by atoms with Gasteiger partial charge >= 0.3 is 6.18 Å². The average Bonchev–Trinajstić information content (AvgIpc) is 3.33. The molecule has 0 spiro atoms. The van der Waals surface area contributed by atoms with Gasteiger partial charge in [-0.3, -0.25) is 14.3 Å². The largest absolute Gasteiger partial charge is 0.408 e. The second kappa shape index (κ2) is 10.4. The summed E-state index contributed by atoms with van der Waals surface area (Å²) in [6.45, 7) is -1.25. The summed E-state index contributed by atoms with van der Waals surface area (Å²) in [6.07, 6.45) is -2.49. The molecule has 0 bridgehead atoms. The van der Waals surface area contributed by atoms with Crippen LogP contribution in [0.3, 0.4) is 0 Å². The molecule has 2 aromatic heterocycles. The lowest BCUT2D eigenvalue weighted by Gasteiger charge is -2.05. The first-order chi connectivity index (χ1) is 14.8. The van der Waals surface area contributed by atoms with Crippen molar-refractivity contribution in [2.75, 3.05) is 10.6 Å². The minimum Gasteiger partial charge on any atom is -0.323 e. The Hall–Kier alpha value is -2.93. The van der Waals surface area contributed by atoms with Crippen LogP contribution in [-0.4, -0.2) is 38.0 Å². The number of carbonyl (C=O) groups excluding carboxylic acids is 2. The Morgan fingerprint density at radius 3 is 2.48 bits per heavy atom. The van der Waals surface area contributed by atoms with Gasteiger partial charge in [-0.15, -0.1) is 10.2 Å². The molecule has 0 aliphatic carbocycles. The van der Waals surface area contributed by atoms with E-state index in [9.17, 15) is 22.8 Å². The monoisotopic (exact) mass is 470 g/mol. The number of hydrogen-bond acceptors (Lipinski definition) is 7. The molecule has 0 saturated carbocycles. The molecule has 13 heteroatoms. The van der Waals surface area contributed by atoms with E-state index in [1.807, 2.05) is 30.3 Å². The SMILES string of the molecule is O=C(CCC(=O)Nc1nnc(SCc2ccccc2)s1)Nc1cnn(CC(F)(F)F)c1. The second-order valence-electron chi connectivity index (χ2n) is 6.29. The quantitative estimate of drug-likeness (QED) is 0.363. The standard InChI is InChI=1S/C18H17F3N6O2S2/c19-18(20,21)11-27-9-13(8-22-27)23-14(28)6-7-15(29)24-16-25-26-17(31-16)30-10-12-4-2-1-3-5-12/h1-5,8-9H,6-7,10-11H2,(H,23,28)(H,24,25,29). The first-order valence-corrected chi connectivity index (χ1v) is 10.8. The Bertz CT molecular complexity index is 1020. The maximum atomic E-state index is 12.3. The highest BCUT2D eigenvalue weighted by atomic mass is 32.2. The normalized spacial score (nSPS) is 11.3.